The zero-order valence-electron chi connectivity index (χ0n) is 10.0. The molecule has 1 heteroatoms. The Balaban J connectivity index is 1.82. The molecule has 0 radical (unpaired) electrons. The summed E-state index contributed by atoms with van der Waals surface area (Å²) in [6, 6.07) is 0. The molecule has 0 aromatic heterocycles. The highest BCUT2D eigenvalue weighted by atomic mass is 16.5. The predicted octanol–water partition coefficient (Wildman–Crippen LogP) is 4.21. The molecule has 0 aromatic carbocycles. The van der Waals surface area contributed by atoms with Crippen LogP contribution in [0.5, 0.6) is 0 Å². The lowest BCUT2D eigenvalue weighted by Gasteiger charge is -2.24. The molecule has 0 heterocycles. The molecule has 1 saturated carbocycles. The van der Waals surface area contributed by atoms with E-state index in [1.54, 1.807) is 5.57 Å². The molecule has 0 N–H and O–H groups in total. The van der Waals surface area contributed by atoms with Gasteiger partial charge in [0, 0.05) is 5.41 Å². The lowest BCUT2D eigenvalue weighted by Crippen LogP contribution is -2.20. The van der Waals surface area contributed by atoms with Gasteiger partial charge in [0.25, 0.3) is 0 Å². The van der Waals surface area contributed by atoms with E-state index in [9.17, 15) is 0 Å². The van der Waals surface area contributed by atoms with Gasteiger partial charge in [0.2, 0.25) is 0 Å². The highest BCUT2D eigenvalue weighted by Gasteiger charge is 2.40. The van der Waals surface area contributed by atoms with Crippen LogP contribution in [0.2, 0.25) is 0 Å². The van der Waals surface area contributed by atoms with E-state index in [-0.39, 0.29) is 0 Å². The molecule has 15 heavy (non-hydrogen) atoms. The summed E-state index contributed by atoms with van der Waals surface area (Å²) in [7, 11) is 0. The summed E-state index contributed by atoms with van der Waals surface area (Å²) in [5.74, 6) is 0. The third-order valence-corrected chi connectivity index (χ3v) is 3.95. The second kappa shape index (κ2) is 4.42. The first-order valence-corrected chi connectivity index (χ1v) is 6.25. The summed E-state index contributed by atoms with van der Waals surface area (Å²) in [5.41, 5.74) is 3.59. The average molecular weight is 206 g/mol. The van der Waals surface area contributed by atoms with Gasteiger partial charge in [-0.25, -0.2) is 0 Å². The molecule has 2 rings (SSSR count). The highest BCUT2D eigenvalue weighted by molar-refractivity contribution is 5.21. The van der Waals surface area contributed by atoms with Gasteiger partial charge in [-0.1, -0.05) is 25.5 Å². The van der Waals surface area contributed by atoms with E-state index in [0.717, 1.165) is 19.4 Å². The SMILES string of the molecule is CCC(=COCC12CC=C(CC1)C2)CC. The number of hydrogen-bond acceptors (Lipinski definition) is 1. The van der Waals surface area contributed by atoms with Crippen LogP contribution in [0, 0.1) is 5.41 Å². The Labute approximate surface area is 93.2 Å². The van der Waals surface area contributed by atoms with E-state index in [4.69, 9.17) is 4.74 Å². The van der Waals surface area contributed by atoms with Gasteiger partial charge in [0.15, 0.2) is 0 Å². The van der Waals surface area contributed by atoms with Crippen molar-refractivity contribution in [1.82, 2.24) is 0 Å². The Kier molecular flexibility index (Phi) is 3.18. The number of fused-ring (bicyclic) bond motifs is 2. The quantitative estimate of drug-likeness (QED) is 0.483. The third kappa shape index (κ3) is 2.27. The molecule has 2 aliphatic rings. The van der Waals surface area contributed by atoms with Crippen LogP contribution in [-0.4, -0.2) is 6.61 Å². The van der Waals surface area contributed by atoms with Gasteiger partial charge in [-0.15, -0.1) is 0 Å². The lowest BCUT2D eigenvalue weighted by molar-refractivity contribution is 0.118. The largest absolute Gasteiger partial charge is 0.501 e. The second-order valence-corrected chi connectivity index (χ2v) is 5.04. The van der Waals surface area contributed by atoms with Crippen LogP contribution in [-0.2, 0) is 4.74 Å². The fraction of sp³-hybridized carbons (Fsp3) is 0.714. The van der Waals surface area contributed by atoms with E-state index < -0.39 is 0 Å². The summed E-state index contributed by atoms with van der Waals surface area (Å²) in [5, 5.41) is 0. The van der Waals surface area contributed by atoms with Crippen LogP contribution < -0.4 is 0 Å². The Morgan fingerprint density at radius 3 is 2.73 bits per heavy atom. The van der Waals surface area contributed by atoms with Crippen molar-refractivity contribution in [2.75, 3.05) is 6.61 Å². The number of allylic oxidation sites excluding steroid dienone is 3. The Hall–Kier alpha value is -0.720. The third-order valence-electron chi connectivity index (χ3n) is 3.95. The standard InChI is InChI=1S/C14H22O/c1-3-12(4-2)10-15-11-14-7-5-13(9-14)6-8-14/h5,10H,3-4,6-9,11H2,1-2H3. The van der Waals surface area contributed by atoms with Crippen molar-refractivity contribution >= 4 is 0 Å². The minimum atomic E-state index is 0.485. The van der Waals surface area contributed by atoms with E-state index >= 15 is 0 Å². The van der Waals surface area contributed by atoms with Gasteiger partial charge in [0.1, 0.15) is 0 Å². The van der Waals surface area contributed by atoms with Gasteiger partial charge in [-0.3, -0.25) is 0 Å². The molecule has 1 nitrogen and oxygen atoms in total. The minimum absolute atomic E-state index is 0.485. The van der Waals surface area contributed by atoms with Crippen LogP contribution in [0.15, 0.2) is 23.5 Å². The van der Waals surface area contributed by atoms with Crippen LogP contribution in [0.3, 0.4) is 0 Å². The maximum atomic E-state index is 5.79. The minimum Gasteiger partial charge on any atom is -0.501 e. The van der Waals surface area contributed by atoms with Gasteiger partial charge in [-0.05, 0) is 44.1 Å². The van der Waals surface area contributed by atoms with Crippen LogP contribution >= 0.6 is 0 Å². The maximum Gasteiger partial charge on any atom is 0.0935 e. The first-order valence-electron chi connectivity index (χ1n) is 6.25. The molecule has 0 aliphatic heterocycles. The Morgan fingerprint density at radius 2 is 2.27 bits per heavy atom. The fourth-order valence-corrected chi connectivity index (χ4v) is 2.73. The van der Waals surface area contributed by atoms with Gasteiger partial charge >= 0.3 is 0 Å². The summed E-state index contributed by atoms with van der Waals surface area (Å²) < 4.78 is 5.79. The zero-order chi connectivity index (χ0) is 10.7. The van der Waals surface area contributed by atoms with Crippen molar-refractivity contribution < 1.29 is 4.74 Å². The number of ether oxygens (including phenoxy) is 1. The smallest absolute Gasteiger partial charge is 0.0935 e. The van der Waals surface area contributed by atoms with E-state index in [1.165, 1.54) is 31.3 Å². The monoisotopic (exact) mass is 206 g/mol. The average Bonchev–Trinajstić information content (AvgIpc) is 2.85. The van der Waals surface area contributed by atoms with Crippen molar-refractivity contribution in [3.05, 3.63) is 23.5 Å². The predicted molar refractivity (Wildman–Crippen MR) is 63.6 cm³/mol. The number of rotatable bonds is 5. The van der Waals surface area contributed by atoms with Crippen LogP contribution in [0.1, 0.15) is 52.4 Å². The molecule has 84 valence electrons. The molecule has 1 unspecified atom stereocenters. The van der Waals surface area contributed by atoms with Gasteiger partial charge < -0.3 is 4.74 Å². The summed E-state index contributed by atoms with van der Waals surface area (Å²) in [6.07, 6.45) is 11.9. The van der Waals surface area contributed by atoms with Crippen molar-refractivity contribution in [2.24, 2.45) is 5.41 Å². The van der Waals surface area contributed by atoms with Crippen molar-refractivity contribution in [3.63, 3.8) is 0 Å². The zero-order valence-corrected chi connectivity index (χ0v) is 10.0. The van der Waals surface area contributed by atoms with E-state index in [0.29, 0.717) is 5.41 Å². The molecule has 1 fully saturated rings. The lowest BCUT2D eigenvalue weighted by atomic mass is 9.86. The molecule has 0 spiro atoms. The maximum absolute atomic E-state index is 5.79. The Morgan fingerprint density at radius 1 is 1.47 bits per heavy atom. The molecule has 2 bridgehead atoms. The van der Waals surface area contributed by atoms with E-state index in [2.05, 4.69) is 19.9 Å². The van der Waals surface area contributed by atoms with E-state index in [1.807, 2.05) is 6.26 Å². The molecular formula is C14H22O. The molecule has 0 amide bonds. The van der Waals surface area contributed by atoms with Crippen LogP contribution in [0.4, 0.5) is 0 Å². The topological polar surface area (TPSA) is 9.23 Å². The molecular weight excluding hydrogens is 184 g/mol. The summed E-state index contributed by atoms with van der Waals surface area (Å²) in [4.78, 5) is 0. The molecule has 0 aromatic rings. The molecule has 1 atom stereocenters. The first kappa shape index (κ1) is 10.8. The van der Waals surface area contributed by atoms with Crippen molar-refractivity contribution in [2.45, 2.75) is 52.4 Å². The van der Waals surface area contributed by atoms with Gasteiger partial charge in [-0.2, -0.15) is 0 Å². The summed E-state index contributed by atoms with van der Waals surface area (Å²) >= 11 is 0. The summed E-state index contributed by atoms with van der Waals surface area (Å²) in [6.45, 7) is 5.32. The van der Waals surface area contributed by atoms with Crippen molar-refractivity contribution in [3.8, 4) is 0 Å². The second-order valence-electron chi connectivity index (χ2n) is 5.04. The molecule has 0 saturated heterocycles. The van der Waals surface area contributed by atoms with Gasteiger partial charge in [0.05, 0.1) is 12.9 Å². The van der Waals surface area contributed by atoms with Crippen LogP contribution in [0.25, 0.3) is 0 Å². The number of hydrogen-bond donors (Lipinski definition) is 0. The fourth-order valence-electron chi connectivity index (χ4n) is 2.73. The normalized spacial score (nSPS) is 27.7. The first-order chi connectivity index (χ1) is 7.28. The highest BCUT2D eigenvalue weighted by Crippen LogP contribution is 2.50. The molecule has 2 aliphatic carbocycles. The van der Waals surface area contributed by atoms with Crippen molar-refractivity contribution in [1.29, 1.82) is 0 Å². The Bertz CT molecular complexity index is 282.